The minimum atomic E-state index is 0.166. The standard InChI is InChI=1S/C15H18N2O/c18-11-10-17(12-14-6-2-1-3-7-14)13-15-8-4-5-9-16-15/h1-9,18H,10-13H2. The van der Waals surface area contributed by atoms with Crippen LogP contribution in [0.2, 0.25) is 0 Å². The van der Waals surface area contributed by atoms with Gasteiger partial charge in [0, 0.05) is 25.8 Å². The van der Waals surface area contributed by atoms with Gasteiger partial charge in [-0.3, -0.25) is 9.88 Å². The first-order valence-electron chi connectivity index (χ1n) is 6.15. The first-order valence-corrected chi connectivity index (χ1v) is 6.15. The van der Waals surface area contributed by atoms with Crippen LogP contribution in [-0.2, 0) is 13.1 Å². The van der Waals surface area contributed by atoms with Crippen molar-refractivity contribution in [1.29, 1.82) is 0 Å². The van der Waals surface area contributed by atoms with E-state index < -0.39 is 0 Å². The summed E-state index contributed by atoms with van der Waals surface area (Å²) in [6, 6.07) is 16.2. The quantitative estimate of drug-likeness (QED) is 0.842. The molecule has 1 aromatic carbocycles. The minimum Gasteiger partial charge on any atom is -0.395 e. The average molecular weight is 242 g/mol. The molecule has 1 aromatic heterocycles. The molecule has 0 fully saturated rings. The van der Waals surface area contributed by atoms with Crippen LogP contribution in [0.5, 0.6) is 0 Å². The number of rotatable bonds is 6. The average Bonchev–Trinajstić information content (AvgIpc) is 2.41. The maximum atomic E-state index is 9.13. The number of aliphatic hydroxyl groups is 1. The highest BCUT2D eigenvalue weighted by Gasteiger charge is 2.06. The van der Waals surface area contributed by atoms with E-state index in [1.165, 1.54) is 5.56 Å². The van der Waals surface area contributed by atoms with E-state index >= 15 is 0 Å². The summed E-state index contributed by atoms with van der Waals surface area (Å²) in [7, 11) is 0. The van der Waals surface area contributed by atoms with Crippen LogP contribution in [0.25, 0.3) is 0 Å². The highest BCUT2D eigenvalue weighted by molar-refractivity contribution is 5.14. The van der Waals surface area contributed by atoms with Crippen LogP contribution in [0.3, 0.4) is 0 Å². The van der Waals surface area contributed by atoms with E-state index in [-0.39, 0.29) is 6.61 Å². The predicted octanol–water partition coefficient (Wildman–Crippen LogP) is 2.08. The summed E-state index contributed by atoms with van der Waals surface area (Å²) in [6.45, 7) is 2.42. The molecule has 2 aromatic rings. The number of hydrogen-bond acceptors (Lipinski definition) is 3. The number of aliphatic hydroxyl groups excluding tert-OH is 1. The Kier molecular flexibility index (Phi) is 4.88. The zero-order chi connectivity index (χ0) is 12.6. The van der Waals surface area contributed by atoms with E-state index in [1.54, 1.807) is 6.20 Å². The molecule has 3 nitrogen and oxygen atoms in total. The largest absolute Gasteiger partial charge is 0.395 e. The van der Waals surface area contributed by atoms with E-state index in [0.29, 0.717) is 6.54 Å². The second-order valence-electron chi connectivity index (χ2n) is 4.24. The summed E-state index contributed by atoms with van der Waals surface area (Å²) in [4.78, 5) is 6.51. The molecule has 0 bridgehead atoms. The van der Waals surface area contributed by atoms with Crippen LogP contribution in [0.1, 0.15) is 11.3 Å². The van der Waals surface area contributed by atoms with Crippen molar-refractivity contribution in [2.24, 2.45) is 0 Å². The van der Waals surface area contributed by atoms with Crippen molar-refractivity contribution >= 4 is 0 Å². The Morgan fingerprint density at radius 1 is 0.944 bits per heavy atom. The number of pyridine rings is 1. The fraction of sp³-hybridized carbons (Fsp3) is 0.267. The van der Waals surface area contributed by atoms with Gasteiger partial charge in [0.05, 0.1) is 12.3 Å². The van der Waals surface area contributed by atoms with Gasteiger partial charge in [0.15, 0.2) is 0 Å². The zero-order valence-electron chi connectivity index (χ0n) is 10.4. The lowest BCUT2D eigenvalue weighted by atomic mass is 10.2. The fourth-order valence-corrected chi connectivity index (χ4v) is 1.92. The molecule has 0 unspecified atom stereocenters. The van der Waals surface area contributed by atoms with Gasteiger partial charge in [-0.25, -0.2) is 0 Å². The van der Waals surface area contributed by atoms with Gasteiger partial charge in [0.1, 0.15) is 0 Å². The molecule has 1 N–H and O–H groups in total. The van der Waals surface area contributed by atoms with Crippen LogP contribution < -0.4 is 0 Å². The predicted molar refractivity (Wildman–Crippen MR) is 71.9 cm³/mol. The van der Waals surface area contributed by atoms with Crippen LogP contribution in [0.4, 0.5) is 0 Å². The molecule has 0 spiro atoms. The summed E-state index contributed by atoms with van der Waals surface area (Å²) in [5, 5.41) is 9.13. The monoisotopic (exact) mass is 242 g/mol. The summed E-state index contributed by atoms with van der Waals surface area (Å²) in [6.07, 6.45) is 1.80. The molecule has 0 amide bonds. The SMILES string of the molecule is OCCN(Cc1ccccc1)Cc1ccccn1. The Balaban J connectivity index is 2.00. The summed E-state index contributed by atoms with van der Waals surface area (Å²) in [5.41, 5.74) is 2.28. The molecule has 0 radical (unpaired) electrons. The van der Waals surface area contributed by atoms with Gasteiger partial charge >= 0.3 is 0 Å². The van der Waals surface area contributed by atoms with Gasteiger partial charge in [0.2, 0.25) is 0 Å². The molecule has 0 aliphatic carbocycles. The molecular weight excluding hydrogens is 224 g/mol. The van der Waals surface area contributed by atoms with Gasteiger partial charge in [0.25, 0.3) is 0 Å². The maximum absolute atomic E-state index is 9.13. The third-order valence-electron chi connectivity index (χ3n) is 2.78. The third-order valence-corrected chi connectivity index (χ3v) is 2.78. The highest BCUT2D eigenvalue weighted by atomic mass is 16.3. The second kappa shape index (κ2) is 6.89. The van der Waals surface area contributed by atoms with Crippen molar-refractivity contribution in [3.63, 3.8) is 0 Å². The van der Waals surface area contributed by atoms with Gasteiger partial charge in [-0.15, -0.1) is 0 Å². The summed E-state index contributed by atoms with van der Waals surface area (Å²) in [5.74, 6) is 0. The van der Waals surface area contributed by atoms with Gasteiger partial charge in [-0.05, 0) is 17.7 Å². The van der Waals surface area contributed by atoms with E-state index in [4.69, 9.17) is 5.11 Å². The Hall–Kier alpha value is -1.71. The van der Waals surface area contributed by atoms with Gasteiger partial charge in [-0.1, -0.05) is 36.4 Å². The Morgan fingerprint density at radius 2 is 1.72 bits per heavy atom. The summed E-state index contributed by atoms with van der Waals surface area (Å²) < 4.78 is 0. The normalized spacial score (nSPS) is 10.8. The first kappa shape index (κ1) is 12.7. The number of hydrogen-bond donors (Lipinski definition) is 1. The van der Waals surface area contributed by atoms with Crippen molar-refractivity contribution in [2.75, 3.05) is 13.2 Å². The molecule has 0 saturated heterocycles. The van der Waals surface area contributed by atoms with Crippen LogP contribution in [-0.4, -0.2) is 28.1 Å². The molecule has 94 valence electrons. The Labute approximate surface area is 108 Å². The topological polar surface area (TPSA) is 36.4 Å². The van der Waals surface area contributed by atoms with Gasteiger partial charge < -0.3 is 5.11 Å². The first-order chi connectivity index (χ1) is 8.88. The van der Waals surface area contributed by atoms with Gasteiger partial charge in [-0.2, -0.15) is 0 Å². The molecule has 0 aliphatic rings. The van der Waals surface area contributed by atoms with Crippen molar-refractivity contribution in [2.45, 2.75) is 13.1 Å². The van der Waals surface area contributed by atoms with E-state index in [0.717, 1.165) is 18.8 Å². The lowest BCUT2D eigenvalue weighted by molar-refractivity contribution is 0.183. The molecule has 18 heavy (non-hydrogen) atoms. The maximum Gasteiger partial charge on any atom is 0.0558 e. The Morgan fingerprint density at radius 3 is 2.39 bits per heavy atom. The molecule has 0 atom stereocenters. The summed E-state index contributed by atoms with van der Waals surface area (Å²) >= 11 is 0. The van der Waals surface area contributed by atoms with Crippen LogP contribution in [0.15, 0.2) is 54.7 Å². The van der Waals surface area contributed by atoms with E-state index in [1.807, 2.05) is 36.4 Å². The van der Waals surface area contributed by atoms with Crippen molar-refractivity contribution in [1.82, 2.24) is 9.88 Å². The smallest absolute Gasteiger partial charge is 0.0558 e. The zero-order valence-corrected chi connectivity index (χ0v) is 10.4. The van der Waals surface area contributed by atoms with Crippen LogP contribution in [0, 0.1) is 0 Å². The Bertz CT molecular complexity index is 403. The van der Waals surface area contributed by atoms with E-state index in [2.05, 4.69) is 22.0 Å². The van der Waals surface area contributed by atoms with Crippen molar-refractivity contribution < 1.29 is 5.11 Å². The second-order valence-corrected chi connectivity index (χ2v) is 4.24. The molecule has 1 heterocycles. The molecule has 2 rings (SSSR count). The third kappa shape index (κ3) is 3.95. The number of aromatic nitrogens is 1. The van der Waals surface area contributed by atoms with Crippen LogP contribution >= 0.6 is 0 Å². The lowest BCUT2D eigenvalue weighted by Crippen LogP contribution is -2.26. The van der Waals surface area contributed by atoms with Crippen molar-refractivity contribution in [3.8, 4) is 0 Å². The lowest BCUT2D eigenvalue weighted by Gasteiger charge is -2.20. The molecule has 3 heteroatoms. The fourth-order valence-electron chi connectivity index (χ4n) is 1.92. The number of nitrogens with zero attached hydrogens (tertiary/aromatic N) is 2. The minimum absolute atomic E-state index is 0.166. The van der Waals surface area contributed by atoms with E-state index in [9.17, 15) is 0 Å². The highest BCUT2D eigenvalue weighted by Crippen LogP contribution is 2.07. The molecular formula is C15H18N2O. The molecule has 0 saturated carbocycles. The van der Waals surface area contributed by atoms with Crippen molar-refractivity contribution in [3.05, 3.63) is 66.0 Å². The molecule has 0 aliphatic heterocycles. The number of benzene rings is 1.